The monoisotopic (exact) mass is 324 g/mol. The van der Waals surface area contributed by atoms with Gasteiger partial charge in [-0.2, -0.15) is 0 Å². The molecular formula is C19H20N2O3. The number of allylic oxidation sites excluding steroid dienone is 3. The number of hydrogen-bond acceptors (Lipinski definition) is 5. The van der Waals surface area contributed by atoms with Gasteiger partial charge in [0.1, 0.15) is 17.3 Å². The number of rotatable bonds is 7. The third kappa shape index (κ3) is 5.53. The highest BCUT2D eigenvalue weighted by Gasteiger charge is 1.92. The first-order chi connectivity index (χ1) is 11.7. The lowest BCUT2D eigenvalue weighted by atomic mass is 10.3. The van der Waals surface area contributed by atoms with E-state index in [9.17, 15) is 5.11 Å². The van der Waals surface area contributed by atoms with Crippen molar-refractivity contribution in [2.45, 2.75) is 0 Å². The Morgan fingerprint density at radius 3 is 2.12 bits per heavy atom. The fourth-order valence-electron chi connectivity index (χ4n) is 1.83. The molecule has 0 fully saturated rings. The van der Waals surface area contributed by atoms with Gasteiger partial charge in [0.05, 0.1) is 26.1 Å². The first-order valence-electron chi connectivity index (χ1n) is 7.36. The van der Waals surface area contributed by atoms with Crippen LogP contribution in [0.15, 0.2) is 77.6 Å². The number of nitrogens with one attached hydrogen (secondary N) is 1. The number of hydrogen-bond donors (Lipinski definition) is 2. The maximum atomic E-state index is 9.77. The van der Waals surface area contributed by atoms with E-state index >= 15 is 0 Å². The van der Waals surface area contributed by atoms with E-state index < -0.39 is 0 Å². The molecule has 0 saturated heterocycles. The van der Waals surface area contributed by atoms with Crippen molar-refractivity contribution in [2.24, 2.45) is 4.99 Å². The Labute approximate surface area is 141 Å². The third-order valence-electron chi connectivity index (χ3n) is 3.12. The van der Waals surface area contributed by atoms with E-state index in [1.807, 2.05) is 48.5 Å². The fraction of sp³-hybridized carbons (Fsp3) is 0.105. The van der Waals surface area contributed by atoms with Crippen molar-refractivity contribution in [1.29, 1.82) is 0 Å². The Bertz CT molecular complexity index is 717. The lowest BCUT2D eigenvalue weighted by Crippen LogP contribution is -1.88. The molecule has 0 unspecified atom stereocenters. The summed E-state index contributed by atoms with van der Waals surface area (Å²) < 4.78 is 10.2. The maximum Gasteiger partial charge on any atom is 0.133 e. The van der Waals surface area contributed by atoms with Crippen molar-refractivity contribution in [3.8, 4) is 11.5 Å². The zero-order valence-electron chi connectivity index (χ0n) is 13.6. The quantitative estimate of drug-likeness (QED) is 0.448. The Kier molecular flexibility index (Phi) is 6.46. The molecule has 0 bridgehead atoms. The Morgan fingerprint density at radius 1 is 0.958 bits per heavy atom. The fourth-order valence-corrected chi connectivity index (χ4v) is 1.83. The van der Waals surface area contributed by atoms with E-state index in [2.05, 4.69) is 10.3 Å². The van der Waals surface area contributed by atoms with Crippen molar-refractivity contribution >= 4 is 17.6 Å². The predicted octanol–water partition coefficient (Wildman–Crippen LogP) is 4.47. The lowest BCUT2D eigenvalue weighted by molar-refractivity contribution is 0.415. The maximum absolute atomic E-state index is 9.77. The number of aliphatic hydroxyl groups is 1. The minimum Gasteiger partial charge on any atom is -0.506 e. The van der Waals surface area contributed by atoms with Crippen LogP contribution in [0.4, 0.5) is 11.4 Å². The molecule has 0 aliphatic carbocycles. The van der Waals surface area contributed by atoms with E-state index in [-0.39, 0.29) is 5.76 Å². The number of methoxy groups -OCH3 is 2. The molecule has 5 nitrogen and oxygen atoms in total. The van der Waals surface area contributed by atoms with Crippen LogP contribution in [-0.4, -0.2) is 25.5 Å². The summed E-state index contributed by atoms with van der Waals surface area (Å²) in [6.45, 7) is 0. The van der Waals surface area contributed by atoms with Crippen LogP contribution in [-0.2, 0) is 0 Å². The van der Waals surface area contributed by atoms with E-state index in [0.717, 1.165) is 22.9 Å². The van der Waals surface area contributed by atoms with Crippen LogP contribution in [0.5, 0.6) is 11.5 Å². The Hall–Kier alpha value is -3.21. The van der Waals surface area contributed by atoms with E-state index in [4.69, 9.17) is 9.47 Å². The smallest absolute Gasteiger partial charge is 0.133 e. The molecule has 2 aromatic rings. The van der Waals surface area contributed by atoms with Gasteiger partial charge in [0.15, 0.2) is 0 Å². The number of anilines is 1. The molecule has 5 heteroatoms. The third-order valence-corrected chi connectivity index (χ3v) is 3.12. The van der Waals surface area contributed by atoms with Crippen LogP contribution in [0.2, 0.25) is 0 Å². The molecule has 0 radical (unpaired) electrons. The molecule has 0 atom stereocenters. The van der Waals surface area contributed by atoms with Crippen molar-refractivity contribution in [1.82, 2.24) is 0 Å². The molecular weight excluding hydrogens is 304 g/mol. The Morgan fingerprint density at radius 2 is 1.54 bits per heavy atom. The highest BCUT2D eigenvalue weighted by molar-refractivity contribution is 5.78. The second-order valence-corrected chi connectivity index (χ2v) is 4.78. The van der Waals surface area contributed by atoms with Crippen LogP contribution in [0, 0.1) is 0 Å². The second kappa shape index (κ2) is 9.05. The number of ether oxygens (including phenoxy) is 2. The molecule has 2 N–H and O–H groups in total. The van der Waals surface area contributed by atoms with Crippen LogP contribution >= 0.6 is 0 Å². The van der Waals surface area contributed by atoms with Gasteiger partial charge in [0.25, 0.3) is 0 Å². The van der Waals surface area contributed by atoms with Crippen LogP contribution in [0.1, 0.15) is 0 Å². The van der Waals surface area contributed by atoms with Gasteiger partial charge < -0.3 is 19.9 Å². The summed E-state index contributed by atoms with van der Waals surface area (Å²) in [6, 6.07) is 14.8. The van der Waals surface area contributed by atoms with Gasteiger partial charge in [-0.05, 0) is 60.7 Å². The van der Waals surface area contributed by atoms with Crippen LogP contribution < -0.4 is 14.8 Å². The summed E-state index contributed by atoms with van der Waals surface area (Å²) in [4.78, 5) is 4.17. The summed E-state index contributed by atoms with van der Waals surface area (Å²) in [5.74, 6) is 1.62. The Balaban J connectivity index is 1.86. The molecule has 2 aromatic carbocycles. The summed E-state index contributed by atoms with van der Waals surface area (Å²) >= 11 is 0. The van der Waals surface area contributed by atoms with Crippen molar-refractivity contribution in [3.05, 3.63) is 72.6 Å². The summed E-state index contributed by atoms with van der Waals surface area (Å²) in [5, 5.41) is 12.9. The number of aliphatic hydroxyl groups excluding tert-OH is 1. The second-order valence-electron chi connectivity index (χ2n) is 4.78. The van der Waals surface area contributed by atoms with Gasteiger partial charge in [-0.15, -0.1) is 0 Å². The van der Waals surface area contributed by atoms with Gasteiger partial charge >= 0.3 is 0 Å². The molecule has 0 heterocycles. The van der Waals surface area contributed by atoms with Gasteiger partial charge in [-0.25, -0.2) is 0 Å². The largest absolute Gasteiger partial charge is 0.506 e. The van der Waals surface area contributed by atoms with E-state index in [1.54, 1.807) is 32.6 Å². The van der Waals surface area contributed by atoms with Crippen molar-refractivity contribution in [2.75, 3.05) is 19.5 Å². The zero-order chi connectivity index (χ0) is 17.2. The molecule has 0 aromatic heterocycles. The summed E-state index contributed by atoms with van der Waals surface area (Å²) in [5.41, 5.74) is 1.66. The molecule has 0 aliphatic heterocycles. The standard InChI is InChI=1S/C19H20N2O3/c1-23-18-9-5-15(6-10-18)20-13-3-4-17(22)14-21-16-7-11-19(24-2)12-8-16/h3-14,20,22H,1-2H3/b13-3+,17-4+,21-14?. The first-order valence-corrected chi connectivity index (χ1v) is 7.36. The molecule has 2 rings (SSSR count). The average molecular weight is 324 g/mol. The highest BCUT2D eigenvalue weighted by atomic mass is 16.5. The summed E-state index contributed by atoms with van der Waals surface area (Å²) in [7, 11) is 3.24. The predicted molar refractivity (Wildman–Crippen MR) is 97.6 cm³/mol. The molecule has 0 aliphatic rings. The van der Waals surface area contributed by atoms with Crippen molar-refractivity contribution < 1.29 is 14.6 Å². The molecule has 0 saturated carbocycles. The minimum absolute atomic E-state index is 0.0543. The normalized spacial score (nSPS) is 11.8. The first kappa shape index (κ1) is 17.1. The van der Waals surface area contributed by atoms with Crippen molar-refractivity contribution in [3.63, 3.8) is 0 Å². The highest BCUT2D eigenvalue weighted by Crippen LogP contribution is 2.17. The van der Waals surface area contributed by atoms with E-state index in [0.29, 0.717) is 0 Å². The molecule has 0 amide bonds. The molecule has 24 heavy (non-hydrogen) atoms. The van der Waals surface area contributed by atoms with Crippen LogP contribution in [0.3, 0.4) is 0 Å². The van der Waals surface area contributed by atoms with Gasteiger partial charge in [0, 0.05) is 11.9 Å². The lowest BCUT2D eigenvalue weighted by Gasteiger charge is -2.02. The molecule has 124 valence electrons. The summed E-state index contributed by atoms with van der Waals surface area (Å²) in [6.07, 6.45) is 6.35. The minimum atomic E-state index is 0.0543. The van der Waals surface area contributed by atoms with Gasteiger partial charge in [-0.1, -0.05) is 0 Å². The van der Waals surface area contributed by atoms with Gasteiger partial charge in [0.2, 0.25) is 0 Å². The molecule has 0 spiro atoms. The number of benzene rings is 2. The average Bonchev–Trinajstić information content (AvgIpc) is 2.64. The number of aliphatic imine (C=N–C) groups is 1. The van der Waals surface area contributed by atoms with Crippen LogP contribution in [0.25, 0.3) is 0 Å². The SMILES string of the molecule is COc1ccc(N=C/C(O)=C\C=C\Nc2ccc(OC)cc2)cc1. The zero-order valence-corrected chi connectivity index (χ0v) is 13.6. The topological polar surface area (TPSA) is 63.1 Å². The number of nitrogens with zero attached hydrogens (tertiary/aromatic N) is 1. The van der Waals surface area contributed by atoms with E-state index in [1.165, 1.54) is 6.21 Å². The van der Waals surface area contributed by atoms with Gasteiger partial charge in [-0.3, -0.25) is 4.99 Å².